The minimum Gasteiger partial charge on any atom is -0.458 e. The lowest BCUT2D eigenvalue weighted by atomic mass is 9.51. The third kappa shape index (κ3) is 4.32. The maximum atomic E-state index is 13.7. The molecule has 3 aliphatic carbocycles. The predicted molar refractivity (Wildman–Crippen MR) is 143 cm³/mol. The van der Waals surface area contributed by atoms with Crippen LogP contribution in [0.25, 0.3) is 0 Å². The number of carbonyl (C=O) groups excluding carboxylic acids is 4. The van der Waals surface area contributed by atoms with Gasteiger partial charge in [-0.3, -0.25) is 14.4 Å². The summed E-state index contributed by atoms with van der Waals surface area (Å²) in [5, 5.41) is 24.2. The molecule has 2 bridgehead atoms. The smallest absolute Gasteiger partial charge is 0.338 e. The van der Waals surface area contributed by atoms with E-state index in [2.05, 4.69) is 0 Å². The Labute approximate surface area is 239 Å². The second-order valence-electron chi connectivity index (χ2n) is 13.2. The van der Waals surface area contributed by atoms with Gasteiger partial charge >= 0.3 is 17.9 Å². The van der Waals surface area contributed by atoms with E-state index in [0.717, 1.165) is 0 Å². The summed E-state index contributed by atoms with van der Waals surface area (Å²) in [6.45, 7) is 11.0. The normalized spacial score (nSPS) is 44.3. The molecule has 6 rings (SSSR count). The van der Waals surface area contributed by atoms with Gasteiger partial charge in [0.15, 0.2) is 5.60 Å². The van der Waals surface area contributed by atoms with E-state index in [1.165, 1.54) is 20.8 Å². The van der Waals surface area contributed by atoms with Gasteiger partial charge in [-0.15, -0.1) is 0 Å². The number of hydrogen-bond donors (Lipinski definition) is 2. The molecule has 10 heteroatoms. The zero-order valence-electron chi connectivity index (χ0n) is 24.6. The van der Waals surface area contributed by atoms with Crippen molar-refractivity contribution in [3.8, 4) is 0 Å². The van der Waals surface area contributed by atoms with Crippen molar-refractivity contribution in [2.45, 2.75) is 96.1 Å². The third-order valence-corrected chi connectivity index (χ3v) is 10.1. The summed E-state index contributed by atoms with van der Waals surface area (Å²) in [5.74, 6) is -8.81. The van der Waals surface area contributed by atoms with Crippen molar-refractivity contribution in [3.63, 3.8) is 0 Å². The number of fused-ring (bicyclic) bond motifs is 3. The maximum Gasteiger partial charge on any atom is 0.338 e. The first kappa shape index (κ1) is 29.7. The van der Waals surface area contributed by atoms with E-state index in [1.807, 2.05) is 13.8 Å². The molecule has 41 heavy (non-hydrogen) atoms. The summed E-state index contributed by atoms with van der Waals surface area (Å²) in [4.78, 5) is 52.4. The largest absolute Gasteiger partial charge is 0.458 e. The Bertz CT molecular complexity index is 1260. The summed E-state index contributed by atoms with van der Waals surface area (Å²) >= 11 is 0. The molecule has 5 aliphatic rings. The Kier molecular flexibility index (Phi) is 6.95. The van der Waals surface area contributed by atoms with Gasteiger partial charge in [-0.05, 0) is 51.2 Å². The molecule has 0 unspecified atom stereocenters. The predicted octanol–water partition coefficient (Wildman–Crippen LogP) is 2.82. The second-order valence-corrected chi connectivity index (χ2v) is 13.2. The van der Waals surface area contributed by atoms with Crippen LogP contribution in [-0.2, 0) is 33.3 Å². The van der Waals surface area contributed by atoms with Crippen molar-refractivity contribution in [3.05, 3.63) is 35.9 Å². The van der Waals surface area contributed by atoms with Crippen molar-refractivity contribution >= 4 is 23.7 Å². The second kappa shape index (κ2) is 9.61. The summed E-state index contributed by atoms with van der Waals surface area (Å²) < 4.78 is 24.4. The minimum absolute atomic E-state index is 0.160. The van der Waals surface area contributed by atoms with Crippen LogP contribution in [0, 0.1) is 35.5 Å². The van der Waals surface area contributed by atoms with Crippen LogP contribution in [-0.4, -0.2) is 68.7 Å². The first-order valence-electron chi connectivity index (χ1n) is 14.3. The van der Waals surface area contributed by atoms with Crippen molar-refractivity contribution < 1.29 is 48.3 Å². The van der Waals surface area contributed by atoms with E-state index in [9.17, 15) is 29.4 Å². The van der Waals surface area contributed by atoms with Crippen molar-refractivity contribution in [1.82, 2.24) is 0 Å². The standard InChI is InChI=1S/C31H40O10/c1-15-13-30(40-18(4)33)24(25(15)39-27(35)19-11-9-8-10-12-19)23-21(16(2)26(30)38-17(3)32)22-20(34)14-31(37,29(23,7)36)41-28(22,5)6/h8-12,15-16,21-26,36-37H,13-14H2,1-7H3/t15-,16-,21+,22-,23+,24+,25+,26-,29+,30-,31+/m1/s1. The van der Waals surface area contributed by atoms with Crippen LogP contribution in [0.15, 0.2) is 30.3 Å². The van der Waals surface area contributed by atoms with E-state index in [1.54, 1.807) is 44.2 Å². The molecule has 2 heterocycles. The summed E-state index contributed by atoms with van der Waals surface area (Å²) in [6, 6.07) is 8.43. The number of Topliss-reactive ketones (excluding diaryl/α,β-unsaturated/α-hetero) is 1. The van der Waals surface area contributed by atoms with Gasteiger partial charge in [-0.2, -0.15) is 0 Å². The van der Waals surface area contributed by atoms with E-state index in [0.29, 0.717) is 5.56 Å². The lowest BCUT2D eigenvalue weighted by Gasteiger charge is -2.58. The highest BCUT2D eigenvalue weighted by Crippen LogP contribution is 2.67. The highest BCUT2D eigenvalue weighted by atomic mass is 16.7. The Morgan fingerprint density at radius 1 is 0.951 bits per heavy atom. The van der Waals surface area contributed by atoms with Gasteiger partial charge in [0.05, 0.1) is 23.5 Å². The minimum atomic E-state index is -2.26. The number of esters is 3. The average molecular weight is 573 g/mol. The Morgan fingerprint density at radius 3 is 2.15 bits per heavy atom. The highest BCUT2D eigenvalue weighted by molar-refractivity contribution is 5.89. The molecule has 1 aromatic carbocycles. The first-order chi connectivity index (χ1) is 19.0. The van der Waals surface area contributed by atoms with Gasteiger partial charge in [0.2, 0.25) is 5.79 Å². The third-order valence-electron chi connectivity index (χ3n) is 10.1. The number of hydrogen-bond acceptors (Lipinski definition) is 10. The molecule has 0 aromatic heterocycles. The van der Waals surface area contributed by atoms with Crippen LogP contribution in [0.1, 0.15) is 71.7 Å². The van der Waals surface area contributed by atoms with Gasteiger partial charge < -0.3 is 29.2 Å². The Balaban J connectivity index is 1.76. The molecule has 1 aromatic rings. The van der Waals surface area contributed by atoms with Crippen LogP contribution in [0.3, 0.4) is 0 Å². The monoisotopic (exact) mass is 572 g/mol. The van der Waals surface area contributed by atoms with Crippen molar-refractivity contribution in [2.75, 3.05) is 0 Å². The number of rotatable bonds is 4. The molecule has 3 saturated carbocycles. The molecule has 2 aliphatic heterocycles. The number of carbonyl (C=O) groups is 4. The number of aliphatic hydroxyl groups is 2. The molecule has 2 N–H and O–H groups in total. The SMILES string of the molecule is CC(=O)O[C@@H]1[C@H](C)[C@@H]2[C@@H]([C@H]3[C@@H](OC(=O)c4ccccc4)[C@H](C)C[C@@]31OC(C)=O)[C@](C)(O)[C@]1(O)CC(=O)[C@H]2C(C)(C)O1. The fourth-order valence-electron chi connectivity index (χ4n) is 8.92. The maximum absolute atomic E-state index is 13.7. The fourth-order valence-corrected chi connectivity index (χ4v) is 8.92. The van der Waals surface area contributed by atoms with Gasteiger partial charge in [0.1, 0.15) is 23.6 Å². The molecule has 0 spiro atoms. The molecule has 0 radical (unpaired) electrons. The van der Waals surface area contributed by atoms with Crippen LogP contribution in [0.5, 0.6) is 0 Å². The van der Waals surface area contributed by atoms with Gasteiger partial charge in [0, 0.05) is 31.6 Å². The molecule has 2 saturated heterocycles. The molecule has 224 valence electrons. The van der Waals surface area contributed by atoms with E-state index in [4.69, 9.17) is 18.9 Å². The van der Waals surface area contributed by atoms with Gasteiger partial charge in [-0.25, -0.2) is 4.79 Å². The zero-order chi connectivity index (χ0) is 30.3. The quantitative estimate of drug-likeness (QED) is 0.408. The molecule has 0 amide bonds. The summed E-state index contributed by atoms with van der Waals surface area (Å²) in [5.41, 5.74) is -4.45. The first-order valence-corrected chi connectivity index (χ1v) is 14.3. The van der Waals surface area contributed by atoms with Gasteiger partial charge in [0.25, 0.3) is 0 Å². The number of ether oxygens (including phenoxy) is 4. The van der Waals surface area contributed by atoms with Crippen LogP contribution in [0.2, 0.25) is 0 Å². The molecular weight excluding hydrogens is 532 g/mol. The van der Waals surface area contributed by atoms with E-state index < -0.39 is 94.6 Å². The fraction of sp³-hybridized carbons (Fsp3) is 0.677. The van der Waals surface area contributed by atoms with E-state index >= 15 is 0 Å². The Morgan fingerprint density at radius 2 is 1.59 bits per heavy atom. The van der Waals surface area contributed by atoms with Crippen LogP contribution in [0.4, 0.5) is 0 Å². The summed E-state index contributed by atoms with van der Waals surface area (Å²) in [6.07, 6.45) is -2.23. The topological polar surface area (TPSA) is 146 Å². The van der Waals surface area contributed by atoms with Gasteiger partial charge in [-0.1, -0.05) is 32.0 Å². The highest BCUT2D eigenvalue weighted by Gasteiger charge is 2.79. The van der Waals surface area contributed by atoms with Crippen molar-refractivity contribution in [2.24, 2.45) is 35.5 Å². The van der Waals surface area contributed by atoms with Crippen LogP contribution >= 0.6 is 0 Å². The molecule has 5 fully saturated rings. The lowest BCUT2D eigenvalue weighted by Crippen LogP contribution is -2.70. The molecular formula is C31H40O10. The molecule has 11 atom stereocenters. The molecule has 10 nitrogen and oxygen atoms in total. The Hall–Kier alpha value is -2.82. The number of benzene rings is 1. The number of ketones is 1. The summed E-state index contributed by atoms with van der Waals surface area (Å²) in [7, 11) is 0. The lowest BCUT2D eigenvalue weighted by molar-refractivity contribution is -0.348. The average Bonchev–Trinajstić information content (AvgIpc) is 3.05. The van der Waals surface area contributed by atoms with Crippen LogP contribution < -0.4 is 0 Å². The zero-order valence-corrected chi connectivity index (χ0v) is 24.6. The van der Waals surface area contributed by atoms with E-state index in [-0.39, 0.29) is 12.2 Å². The van der Waals surface area contributed by atoms with Crippen molar-refractivity contribution in [1.29, 1.82) is 0 Å².